The van der Waals surface area contributed by atoms with Crippen LogP contribution in [-0.4, -0.2) is 88.1 Å². The third-order valence-electron chi connectivity index (χ3n) is 5.26. The van der Waals surface area contributed by atoms with Crippen LogP contribution in [0.5, 0.6) is 0 Å². The van der Waals surface area contributed by atoms with Crippen LogP contribution in [0.25, 0.3) is 0 Å². The second-order valence-corrected chi connectivity index (χ2v) is 7.90. The monoisotopic (exact) mass is 362 g/mol. The number of carbonyl (C=O) groups excluding carboxylic acids is 2. The van der Waals surface area contributed by atoms with Crippen LogP contribution in [0, 0.1) is 5.92 Å². The van der Waals surface area contributed by atoms with Gasteiger partial charge in [0.2, 0.25) is 11.8 Å². The van der Waals surface area contributed by atoms with Gasteiger partial charge in [-0.3, -0.25) is 9.59 Å². The quantitative estimate of drug-likeness (QED) is 0.748. The number of hydrogen-bond acceptors (Lipinski definition) is 5. The van der Waals surface area contributed by atoms with E-state index < -0.39 is 0 Å². The van der Waals surface area contributed by atoms with Gasteiger partial charge >= 0.3 is 0 Å². The lowest BCUT2D eigenvalue weighted by Gasteiger charge is -2.24. The van der Waals surface area contributed by atoms with Gasteiger partial charge in [-0.05, 0) is 14.1 Å². The molecule has 1 atom stereocenters. The molecule has 2 aliphatic heterocycles. The smallest absolute Gasteiger partial charge is 0.228 e. The van der Waals surface area contributed by atoms with E-state index in [-0.39, 0.29) is 17.7 Å². The van der Waals surface area contributed by atoms with Gasteiger partial charge in [-0.1, -0.05) is 13.8 Å². The highest BCUT2D eigenvalue weighted by Crippen LogP contribution is 2.22. The van der Waals surface area contributed by atoms with Gasteiger partial charge < -0.3 is 19.3 Å². The maximum atomic E-state index is 13.0. The lowest BCUT2D eigenvalue weighted by Crippen LogP contribution is -2.40. The first-order valence-electron chi connectivity index (χ1n) is 9.50. The molecule has 1 saturated heterocycles. The molecule has 26 heavy (non-hydrogen) atoms. The average molecular weight is 362 g/mol. The molecule has 3 rings (SSSR count). The summed E-state index contributed by atoms with van der Waals surface area (Å²) in [4.78, 5) is 31.0. The third kappa shape index (κ3) is 3.90. The summed E-state index contributed by atoms with van der Waals surface area (Å²) in [6.45, 7) is 8.31. The predicted octanol–water partition coefficient (Wildman–Crippen LogP) is 0.196. The highest BCUT2D eigenvalue weighted by molar-refractivity contribution is 5.89. The molecular formula is C18H30N6O2. The van der Waals surface area contributed by atoms with Crippen LogP contribution in [0.2, 0.25) is 0 Å². The summed E-state index contributed by atoms with van der Waals surface area (Å²) in [6.07, 6.45) is 1.06. The first-order valence-corrected chi connectivity index (χ1v) is 9.50. The second kappa shape index (κ2) is 7.73. The Morgan fingerprint density at radius 1 is 1.23 bits per heavy atom. The number of nitrogens with zero attached hydrogens (tertiary/aromatic N) is 6. The fourth-order valence-electron chi connectivity index (χ4n) is 3.73. The number of carbonyl (C=O) groups is 2. The molecule has 3 heterocycles. The summed E-state index contributed by atoms with van der Waals surface area (Å²) in [5.74, 6) is 2.25. The normalized spacial score (nSPS) is 20.8. The first kappa shape index (κ1) is 18.8. The molecule has 1 aromatic rings. The number of aromatic nitrogens is 3. The molecule has 0 aromatic carbocycles. The van der Waals surface area contributed by atoms with Crippen molar-refractivity contribution in [3.63, 3.8) is 0 Å². The van der Waals surface area contributed by atoms with Crippen LogP contribution in [0.1, 0.15) is 37.8 Å². The predicted molar refractivity (Wildman–Crippen MR) is 97.6 cm³/mol. The molecule has 8 heteroatoms. The largest absolute Gasteiger partial charge is 0.341 e. The van der Waals surface area contributed by atoms with Crippen LogP contribution in [0.3, 0.4) is 0 Å². The molecule has 0 saturated carbocycles. The van der Waals surface area contributed by atoms with E-state index in [1.807, 2.05) is 23.9 Å². The number of rotatable bonds is 5. The van der Waals surface area contributed by atoms with Gasteiger partial charge in [0.25, 0.3) is 0 Å². The van der Waals surface area contributed by atoms with Crippen molar-refractivity contribution in [2.24, 2.45) is 5.92 Å². The van der Waals surface area contributed by atoms with E-state index in [1.54, 1.807) is 0 Å². The first-order chi connectivity index (χ1) is 12.4. The Bertz CT molecular complexity index is 669. The molecule has 0 unspecified atom stereocenters. The van der Waals surface area contributed by atoms with Crippen LogP contribution >= 0.6 is 0 Å². The average Bonchev–Trinajstić information content (AvgIpc) is 3.10. The Balaban J connectivity index is 1.60. The van der Waals surface area contributed by atoms with Gasteiger partial charge in [0.1, 0.15) is 11.6 Å². The third-order valence-corrected chi connectivity index (χ3v) is 5.26. The molecule has 2 aliphatic rings. The number of hydrogen-bond donors (Lipinski definition) is 0. The summed E-state index contributed by atoms with van der Waals surface area (Å²) in [5.41, 5.74) is 0. The molecule has 0 spiro atoms. The molecule has 1 fully saturated rings. The topological polar surface area (TPSA) is 74.6 Å². The molecule has 0 aliphatic carbocycles. The maximum Gasteiger partial charge on any atom is 0.228 e. The Morgan fingerprint density at radius 3 is 2.69 bits per heavy atom. The van der Waals surface area contributed by atoms with Gasteiger partial charge in [0, 0.05) is 58.0 Å². The number of likely N-dealkylation sites (N-methyl/N-ethyl adjacent to an activating group) is 1. The van der Waals surface area contributed by atoms with E-state index in [1.165, 1.54) is 0 Å². The van der Waals surface area contributed by atoms with E-state index in [4.69, 9.17) is 0 Å². The van der Waals surface area contributed by atoms with Gasteiger partial charge in [0.15, 0.2) is 0 Å². The molecule has 0 bridgehead atoms. The Labute approximate surface area is 155 Å². The summed E-state index contributed by atoms with van der Waals surface area (Å²) in [7, 11) is 3.98. The van der Waals surface area contributed by atoms with Gasteiger partial charge in [-0.25, -0.2) is 0 Å². The lowest BCUT2D eigenvalue weighted by molar-refractivity contribution is -0.135. The van der Waals surface area contributed by atoms with Crippen molar-refractivity contribution in [1.82, 2.24) is 29.5 Å². The maximum absolute atomic E-state index is 13.0. The lowest BCUT2D eigenvalue weighted by atomic mass is 10.1. The molecular weight excluding hydrogens is 332 g/mol. The summed E-state index contributed by atoms with van der Waals surface area (Å²) in [5, 5.41) is 8.60. The van der Waals surface area contributed by atoms with Crippen LogP contribution in [0.15, 0.2) is 0 Å². The van der Waals surface area contributed by atoms with Crippen molar-refractivity contribution in [3.05, 3.63) is 11.6 Å². The van der Waals surface area contributed by atoms with Gasteiger partial charge in [-0.15, -0.1) is 10.2 Å². The second-order valence-electron chi connectivity index (χ2n) is 7.90. The number of likely N-dealkylation sites (tertiary alicyclic amines) is 1. The minimum atomic E-state index is -0.210. The molecule has 0 radical (unpaired) electrons. The Kier molecular flexibility index (Phi) is 5.60. The summed E-state index contributed by atoms with van der Waals surface area (Å²) < 4.78 is 2.15. The van der Waals surface area contributed by atoms with Crippen molar-refractivity contribution < 1.29 is 9.59 Å². The fourth-order valence-corrected chi connectivity index (χ4v) is 3.73. The SMILES string of the molecule is CC(C)c1nnc2n1CCN(C(=O)[C@@H]1CC(=O)N(CCN(C)C)C1)CC2. The Hall–Kier alpha value is -1.96. The number of fused-ring (bicyclic) bond motifs is 1. The fraction of sp³-hybridized carbons (Fsp3) is 0.778. The van der Waals surface area contributed by atoms with Crippen LogP contribution in [-0.2, 0) is 22.6 Å². The van der Waals surface area contributed by atoms with Gasteiger partial charge in [-0.2, -0.15) is 0 Å². The van der Waals surface area contributed by atoms with Crippen molar-refractivity contribution in [2.45, 2.75) is 39.2 Å². The van der Waals surface area contributed by atoms with Crippen molar-refractivity contribution in [1.29, 1.82) is 0 Å². The summed E-state index contributed by atoms with van der Waals surface area (Å²) >= 11 is 0. The van der Waals surface area contributed by atoms with Crippen molar-refractivity contribution >= 4 is 11.8 Å². The molecule has 144 valence electrons. The summed E-state index contributed by atoms with van der Waals surface area (Å²) in [6, 6.07) is 0. The standard InChI is InChI=1S/C18H30N6O2/c1-13(2)17-20-19-15-5-6-22(9-10-24(15)17)18(26)14-11-16(25)23(12-14)8-7-21(3)4/h13-14H,5-12H2,1-4H3/t14-/m1/s1. The minimum absolute atomic E-state index is 0.0965. The van der Waals surface area contributed by atoms with Crippen molar-refractivity contribution in [2.75, 3.05) is 46.8 Å². The molecule has 8 nitrogen and oxygen atoms in total. The molecule has 2 amide bonds. The van der Waals surface area contributed by atoms with Crippen molar-refractivity contribution in [3.8, 4) is 0 Å². The molecule has 1 aromatic heterocycles. The van der Waals surface area contributed by atoms with E-state index in [0.29, 0.717) is 38.5 Å². The van der Waals surface area contributed by atoms with Crippen LogP contribution in [0.4, 0.5) is 0 Å². The minimum Gasteiger partial charge on any atom is -0.341 e. The highest BCUT2D eigenvalue weighted by atomic mass is 16.2. The van der Waals surface area contributed by atoms with E-state index in [9.17, 15) is 9.59 Å². The van der Waals surface area contributed by atoms with E-state index in [2.05, 4.69) is 33.5 Å². The highest BCUT2D eigenvalue weighted by Gasteiger charge is 2.36. The van der Waals surface area contributed by atoms with Crippen LogP contribution < -0.4 is 0 Å². The zero-order valence-corrected chi connectivity index (χ0v) is 16.3. The zero-order chi connectivity index (χ0) is 18.8. The molecule has 0 N–H and O–H groups in total. The number of amides is 2. The van der Waals surface area contributed by atoms with E-state index >= 15 is 0 Å². The van der Waals surface area contributed by atoms with E-state index in [0.717, 1.165) is 31.2 Å². The van der Waals surface area contributed by atoms with Gasteiger partial charge in [0.05, 0.1) is 5.92 Å². The zero-order valence-electron chi connectivity index (χ0n) is 16.3. The Morgan fingerprint density at radius 2 is 2.00 bits per heavy atom.